The Labute approximate surface area is 153 Å². The van der Waals surface area contributed by atoms with Crippen molar-refractivity contribution >= 4 is 40.7 Å². The Morgan fingerprint density at radius 2 is 1.67 bits per heavy atom. The van der Waals surface area contributed by atoms with Crippen molar-refractivity contribution in [1.82, 2.24) is 5.32 Å². The monoisotopic (exact) mass is 370 g/mol. The highest BCUT2D eigenvalue weighted by Gasteiger charge is 2.17. The minimum Gasteiger partial charge on any atom is -0.353 e. The number of nitrogens with zero attached hydrogens (tertiary/aromatic N) is 1. The molecule has 1 aliphatic carbocycles. The average molecular weight is 371 g/mol. The standard InChI is InChI=1S/C18H24Cl2N2O2/c1-13(23)22(17-11-14(19)10-15(20)12-17)9-8-18(24)21-16-6-4-2-3-5-7-16/h10-12,16H,2-9H2,1H3,(H,21,24). The van der Waals surface area contributed by atoms with Crippen molar-refractivity contribution < 1.29 is 9.59 Å². The van der Waals surface area contributed by atoms with Crippen LogP contribution in [0.3, 0.4) is 0 Å². The van der Waals surface area contributed by atoms with E-state index in [1.807, 2.05) is 0 Å². The molecule has 0 heterocycles. The lowest BCUT2D eigenvalue weighted by atomic mass is 10.1. The quantitative estimate of drug-likeness (QED) is 0.771. The Kier molecular flexibility index (Phi) is 7.38. The molecule has 0 spiro atoms. The van der Waals surface area contributed by atoms with Crippen LogP contribution in [-0.2, 0) is 9.59 Å². The van der Waals surface area contributed by atoms with E-state index in [4.69, 9.17) is 23.2 Å². The van der Waals surface area contributed by atoms with Gasteiger partial charge in [-0.15, -0.1) is 0 Å². The fourth-order valence-electron chi connectivity index (χ4n) is 3.10. The average Bonchev–Trinajstić information content (AvgIpc) is 2.74. The van der Waals surface area contributed by atoms with Gasteiger partial charge in [-0.25, -0.2) is 0 Å². The van der Waals surface area contributed by atoms with Crippen LogP contribution in [0.2, 0.25) is 10.0 Å². The van der Waals surface area contributed by atoms with Crippen LogP contribution in [0.25, 0.3) is 0 Å². The maximum absolute atomic E-state index is 12.2. The molecular weight excluding hydrogens is 347 g/mol. The SMILES string of the molecule is CC(=O)N(CCC(=O)NC1CCCCCC1)c1cc(Cl)cc(Cl)c1. The van der Waals surface area contributed by atoms with Crippen molar-refractivity contribution in [3.05, 3.63) is 28.2 Å². The normalized spacial score (nSPS) is 15.6. The van der Waals surface area contributed by atoms with Crippen LogP contribution in [0.4, 0.5) is 5.69 Å². The van der Waals surface area contributed by atoms with Gasteiger partial charge in [0, 0.05) is 41.7 Å². The maximum atomic E-state index is 12.2. The number of hydrogen-bond acceptors (Lipinski definition) is 2. The summed E-state index contributed by atoms with van der Waals surface area (Å²) in [5.41, 5.74) is 0.613. The number of anilines is 1. The minimum atomic E-state index is -0.143. The third kappa shape index (κ3) is 5.99. The lowest BCUT2D eigenvalue weighted by molar-refractivity contribution is -0.121. The zero-order chi connectivity index (χ0) is 17.5. The summed E-state index contributed by atoms with van der Waals surface area (Å²) in [5, 5.41) is 4.03. The van der Waals surface area contributed by atoms with Crippen molar-refractivity contribution in [2.75, 3.05) is 11.4 Å². The van der Waals surface area contributed by atoms with E-state index < -0.39 is 0 Å². The number of carbonyl (C=O) groups excluding carboxylic acids is 2. The Hall–Kier alpha value is -1.26. The third-order valence-corrected chi connectivity index (χ3v) is 4.76. The minimum absolute atomic E-state index is 0.0127. The molecule has 1 N–H and O–H groups in total. The summed E-state index contributed by atoms with van der Waals surface area (Å²) in [6.07, 6.45) is 7.20. The van der Waals surface area contributed by atoms with Crippen LogP contribution in [0.15, 0.2) is 18.2 Å². The summed E-state index contributed by atoms with van der Waals surface area (Å²) in [4.78, 5) is 25.7. The van der Waals surface area contributed by atoms with E-state index in [-0.39, 0.29) is 24.3 Å². The second-order valence-corrected chi connectivity index (χ2v) is 7.18. The van der Waals surface area contributed by atoms with Gasteiger partial charge in [-0.2, -0.15) is 0 Å². The number of hydrogen-bond donors (Lipinski definition) is 1. The summed E-state index contributed by atoms with van der Waals surface area (Å²) in [6, 6.07) is 5.24. The molecule has 1 saturated carbocycles. The molecule has 4 nitrogen and oxygen atoms in total. The Morgan fingerprint density at radius 1 is 1.08 bits per heavy atom. The number of amides is 2. The maximum Gasteiger partial charge on any atom is 0.223 e. The predicted molar refractivity (Wildman–Crippen MR) is 98.7 cm³/mol. The van der Waals surface area contributed by atoms with Gasteiger partial charge in [0.2, 0.25) is 11.8 Å². The highest BCUT2D eigenvalue weighted by molar-refractivity contribution is 6.35. The van der Waals surface area contributed by atoms with E-state index in [0.717, 1.165) is 12.8 Å². The molecular formula is C18H24Cl2N2O2. The molecule has 2 amide bonds. The molecule has 0 saturated heterocycles. The molecule has 2 rings (SSSR count). The van der Waals surface area contributed by atoms with Crippen molar-refractivity contribution in [2.24, 2.45) is 0 Å². The molecule has 1 aromatic carbocycles. The van der Waals surface area contributed by atoms with Crippen LogP contribution in [0.5, 0.6) is 0 Å². The third-order valence-electron chi connectivity index (χ3n) is 4.32. The first-order valence-electron chi connectivity index (χ1n) is 8.49. The Bertz CT molecular complexity index is 564. The fourth-order valence-corrected chi connectivity index (χ4v) is 3.61. The number of nitrogens with one attached hydrogen (secondary N) is 1. The molecule has 0 aromatic heterocycles. The van der Waals surface area contributed by atoms with Crippen LogP contribution in [-0.4, -0.2) is 24.4 Å². The van der Waals surface area contributed by atoms with Crippen LogP contribution < -0.4 is 10.2 Å². The molecule has 132 valence electrons. The van der Waals surface area contributed by atoms with Crippen LogP contribution in [0, 0.1) is 0 Å². The van der Waals surface area contributed by atoms with Crippen molar-refractivity contribution in [1.29, 1.82) is 0 Å². The second kappa shape index (κ2) is 9.28. The predicted octanol–water partition coefficient (Wildman–Crippen LogP) is 4.58. The van der Waals surface area contributed by atoms with Crippen molar-refractivity contribution in [3.8, 4) is 0 Å². The zero-order valence-corrected chi connectivity index (χ0v) is 15.5. The zero-order valence-electron chi connectivity index (χ0n) is 14.0. The van der Waals surface area contributed by atoms with Crippen LogP contribution in [0.1, 0.15) is 51.9 Å². The first kappa shape index (κ1) is 19.1. The van der Waals surface area contributed by atoms with E-state index in [1.54, 1.807) is 18.2 Å². The lowest BCUT2D eigenvalue weighted by Crippen LogP contribution is -2.38. The highest BCUT2D eigenvalue weighted by atomic mass is 35.5. The van der Waals surface area contributed by atoms with E-state index in [2.05, 4.69) is 5.32 Å². The van der Waals surface area contributed by atoms with Gasteiger partial charge in [-0.05, 0) is 31.0 Å². The van der Waals surface area contributed by atoms with Gasteiger partial charge in [0.05, 0.1) is 0 Å². The topological polar surface area (TPSA) is 49.4 Å². The molecule has 6 heteroatoms. The first-order valence-corrected chi connectivity index (χ1v) is 9.25. The summed E-state index contributed by atoms with van der Waals surface area (Å²) in [5.74, 6) is -0.156. The van der Waals surface area contributed by atoms with Crippen molar-refractivity contribution in [3.63, 3.8) is 0 Å². The van der Waals surface area contributed by atoms with E-state index in [1.165, 1.54) is 37.5 Å². The summed E-state index contributed by atoms with van der Waals surface area (Å²) >= 11 is 12.0. The van der Waals surface area contributed by atoms with Gasteiger partial charge in [0.1, 0.15) is 0 Å². The van der Waals surface area contributed by atoms with Gasteiger partial charge >= 0.3 is 0 Å². The highest BCUT2D eigenvalue weighted by Crippen LogP contribution is 2.26. The number of halogens is 2. The summed E-state index contributed by atoms with van der Waals surface area (Å²) < 4.78 is 0. The smallest absolute Gasteiger partial charge is 0.223 e. The molecule has 24 heavy (non-hydrogen) atoms. The molecule has 0 radical (unpaired) electrons. The second-order valence-electron chi connectivity index (χ2n) is 6.30. The number of benzene rings is 1. The Balaban J connectivity index is 1.93. The lowest BCUT2D eigenvalue weighted by Gasteiger charge is -2.22. The van der Waals surface area contributed by atoms with Gasteiger partial charge in [-0.3, -0.25) is 9.59 Å². The number of rotatable bonds is 5. The molecule has 0 unspecified atom stereocenters. The fraction of sp³-hybridized carbons (Fsp3) is 0.556. The Morgan fingerprint density at radius 3 is 2.21 bits per heavy atom. The molecule has 0 bridgehead atoms. The van der Waals surface area contributed by atoms with Gasteiger partial charge in [-0.1, -0.05) is 48.9 Å². The summed E-state index contributed by atoms with van der Waals surface area (Å²) in [6.45, 7) is 1.78. The molecule has 1 aliphatic rings. The molecule has 0 aliphatic heterocycles. The largest absolute Gasteiger partial charge is 0.353 e. The van der Waals surface area contributed by atoms with E-state index >= 15 is 0 Å². The van der Waals surface area contributed by atoms with Gasteiger partial charge < -0.3 is 10.2 Å². The van der Waals surface area contributed by atoms with Gasteiger partial charge in [0.25, 0.3) is 0 Å². The van der Waals surface area contributed by atoms with E-state index in [9.17, 15) is 9.59 Å². The van der Waals surface area contributed by atoms with E-state index in [0.29, 0.717) is 22.3 Å². The molecule has 1 aromatic rings. The molecule has 0 atom stereocenters. The van der Waals surface area contributed by atoms with Gasteiger partial charge in [0.15, 0.2) is 0 Å². The summed E-state index contributed by atoms with van der Waals surface area (Å²) in [7, 11) is 0. The number of carbonyl (C=O) groups is 2. The first-order chi connectivity index (χ1) is 11.5. The molecule has 1 fully saturated rings. The van der Waals surface area contributed by atoms with Crippen LogP contribution >= 0.6 is 23.2 Å². The van der Waals surface area contributed by atoms with Crippen molar-refractivity contribution in [2.45, 2.75) is 57.9 Å².